The lowest BCUT2D eigenvalue weighted by Gasteiger charge is -2.33. The maximum atomic E-state index is 12.5. The van der Waals surface area contributed by atoms with E-state index in [1.807, 2.05) is 23.1 Å². The number of carbonyl (C=O) groups is 2. The highest BCUT2D eigenvalue weighted by molar-refractivity contribution is 6.30. The van der Waals surface area contributed by atoms with Crippen LogP contribution in [0.3, 0.4) is 0 Å². The van der Waals surface area contributed by atoms with Crippen LogP contribution in [0, 0.1) is 5.92 Å². The Hall–Kier alpha value is -1.80. The van der Waals surface area contributed by atoms with E-state index in [1.165, 1.54) is 12.8 Å². The van der Waals surface area contributed by atoms with Gasteiger partial charge in [-0.25, -0.2) is 4.79 Å². The van der Waals surface area contributed by atoms with Crippen LogP contribution in [0.2, 0.25) is 5.02 Å². The van der Waals surface area contributed by atoms with Gasteiger partial charge in [0.05, 0.1) is 0 Å². The fourth-order valence-corrected chi connectivity index (χ4v) is 3.25. The standard InChI is InChI=1S/C15H19ClN2O.C2HF3O2/c16-13-1-2-14-12(9-13)5-8-18(15(14)19)10-11-3-6-17-7-4-11;3-2(4,5)1(6)7/h1-2,9,11,17H,3-8,10H2;(H,6,7). The third kappa shape index (κ3) is 5.60. The number of amides is 1. The molecule has 144 valence electrons. The Morgan fingerprint density at radius 1 is 1.31 bits per heavy atom. The van der Waals surface area contributed by atoms with E-state index in [4.69, 9.17) is 21.5 Å². The molecular weight excluding hydrogens is 373 g/mol. The number of carboxylic acid groups (broad SMARTS) is 1. The maximum Gasteiger partial charge on any atom is 0.490 e. The maximum absolute atomic E-state index is 12.5. The van der Waals surface area contributed by atoms with Crippen LogP contribution in [0.4, 0.5) is 13.2 Å². The number of carbonyl (C=O) groups excluding carboxylic acids is 1. The molecule has 0 bridgehead atoms. The van der Waals surface area contributed by atoms with Crippen molar-refractivity contribution in [3.63, 3.8) is 0 Å². The normalized spacial score (nSPS) is 18.0. The fourth-order valence-electron chi connectivity index (χ4n) is 3.06. The molecule has 0 atom stereocenters. The lowest BCUT2D eigenvalue weighted by atomic mass is 9.94. The second kappa shape index (κ2) is 8.73. The van der Waals surface area contributed by atoms with Gasteiger partial charge in [-0.05, 0) is 62.0 Å². The number of piperidine rings is 1. The Labute approximate surface area is 154 Å². The van der Waals surface area contributed by atoms with Crippen molar-refractivity contribution < 1.29 is 27.9 Å². The summed E-state index contributed by atoms with van der Waals surface area (Å²) in [6.45, 7) is 3.90. The molecule has 2 heterocycles. The molecule has 2 aliphatic heterocycles. The van der Waals surface area contributed by atoms with Gasteiger partial charge in [0.1, 0.15) is 0 Å². The number of benzene rings is 1. The molecule has 3 rings (SSSR count). The summed E-state index contributed by atoms with van der Waals surface area (Å²) in [5, 5.41) is 11.2. The molecule has 1 aromatic carbocycles. The van der Waals surface area contributed by atoms with Crippen LogP contribution in [0.5, 0.6) is 0 Å². The largest absolute Gasteiger partial charge is 0.490 e. The summed E-state index contributed by atoms with van der Waals surface area (Å²) in [4.78, 5) is 23.4. The molecule has 2 aliphatic rings. The molecule has 0 radical (unpaired) electrons. The summed E-state index contributed by atoms with van der Waals surface area (Å²) >= 11 is 5.98. The highest BCUT2D eigenvalue weighted by atomic mass is 35.5. The van der Waals surface area contributed by atoms with E-state index in [1.54, 1.807) is 0 Å². The topological polar surface area (TPSA) is 69.6 Å². The summed E-state index contributed by atoms with van der Waals surface area (Å²) in [6, 6.07) is 5.61. The monoisotopic (exact) mass is 392 g/mol. The average molecular weight is 393 g/mol. The van der Waals surface area contributed by atoms with Crippen LogP contribution in [0.1, 0.15) is 28.8 Å². The predicted octanol–water partition coefficient (Wildman–Crippen LogP) is 2.97. The first-order valence-electron chi connectivity index (χ1n) is 8.27. The molecule has 1 aromatic rings. The number of alkyl halides is 3. The van der Waals surface area contributed by atoms with Crippen LogP contribution in [-0.4, -0.2) is 54.2 Å². The smallest absolute Gasteiger partial charge is 0.475 e. The summed E-state index contributed by atoms with van der Waals surface area (Å²) in [6.07, 6.45) is -1.80. The molecule has 2 N–H and O–H groups in total. The summed E-state index contributed by atoms with van der Waals surface area (Å²) in [5.74, 6) is -1.93. The number of nitrogens with one attached hydrogen (secondary N) is 1. The molecule has 0 aliphatic carbocycles. The lowest BCUT2D eigenvalue weighted by molar-refractivity contribution is -0.192. The molecule has 0 saturated carbocycles. The van der Waals surface area contributed by atoms with Crippen LogP contribution in [0.15, 0.2) is 18.2 Å². The molecular formula is C17H20ClF3N2O3. The van der Waals surface area contributed by atoms with E-state index >= 15 is 0 Å². The molecule has 0 spiro atoms. The molecule has 1 fully saturated rings. The average Bonchev–Trinajstić information content (AvgIpc) is 2.58. The molecule has 9 heteroatoms. The Morgan fingerprint density at radius 2 is 1.92 bits per heavy atom. The number of fused-ring (bicyclic) bond motifs is 1. The number of rotatable bonds is 2. The number of carboxylic acids is 1. The van der Waals surface area contributed by atoms with Crippen LogP contribution >= 0.6 is 11.6 Å². The van der Waals surface area contributed by atoms with Crippen molar-refractivity contribution in [2.75, 3.05) is 26.2 Å². The highest BCUT2D eigenvalue weighted by Gasteiger charge is 2.38. The minimum absolute atomic E-state index is 0.177. The van der Waals surface area contributed by atoms with Gasteiger partial charge in [0.2, 0.25) is 0 Å². The number of halogens is 4. The van der Waals surface area contributed by atoms with Gasteiger partial charge in [0.25, 0.3) is 5.91 Å². The van der Waals surface area contributed by atoms with Crippen LogP contribution < -0.4 is 5.32 Å². The fraction of sp³-hybridized carbons (Fsp3) is 0.529. The van der Waals surface area contributed by atoms with E-state index < -0.39 is 12.1 Å². The van der Waals surface area contributed by atoms with Gasteiger partial charge < -0.3 is 15.3 Å². The van der Waals surface area contributed by atoms with Crippen molar-refractivity contribution in [1.29, 1.82) is 0 Å². The van der Waals surface area contributed by atoms with Crippen molar-refractivity contribution in [2.45, 2.75) is 25.4 Å². The summed E-state index contributed by atoms with van der Waals surface area (Å²) in [7, 11) is 0. The van der Waals surface area contributed by atoms with E-state index in [0.717, 1.165) is 48.7 Å². The zero-order valence-electron chi connectivity index (χ0n) is 14.0. The van der Waals surface area contributed by atoms with Gasteiger partial charge >= 0.3 is 12.1 Å². The van der Waals surface area contributed by atoms with Gasteiger partial charge in [-0.15, -0.1) is 0 Å². The molecule has 0 aromatic heterocycles. The first-order chi connectivity index (χ1) is 12.2. The van der Waals surface area contributed by atoms with E-state index in [2.05, 4.69) is 5.32 Å². The van der Waals surface area contributed by atoms with Crippen LogP contribution in [0.25, 0.3) is 0 Å². The van der Waals surface area contributed by atoms with E-state index in [9.17, 15) is 18.0 Å². The summed E-state index contributed by atoms with van der Waals surface area (Å²) < 4.78 is 31.7. The van der Waals surface area contributed by atoms with Gasteiger partial charge in [-0.3, -0.25) is 4.79 Å². The highest BCUT2D eigenvalue weighted by Crippen LogP contribution is 2.24. The first kappa shape index (κ1) is 20.5. The zero-order chi connectivity index (χ0) is 19.3. The van der Waals surface area contributed by atoms with Crippen LogP contribution in [-0.2, 0) is 11.2 Å². The zero-order valence-corrected chi connectivity index (χ0v) is 14.7. The SMILES string of the molecule is O=C(O)C(F)(F)F.O=C1c2ccc(Cl)cc2CCN1CC1CCNCC1. The number of nitrogens with zero attached hydrogens (tertiary/aromatic N) is 1. The molecule has 1 amide bonds. The van der Waals surface area contributed by atoms with Gasteiger partial charge in [0, 0.05) is 23.7 Å². The van der Waals surface area contributed by atoms with E-state index in [-0.39, 0.29) is 5.91 Å². The second-order valence-corrected chi connectivity index (χ2v) is 6.74. The van der Waals surface area contributed by atoms with Crippen molar-refractivity contribution >= 4 is 23.5 Å². The Kier molecular flexibility index (Phi) is 6.88. The number of hydrogen-bond acceptors (Lipinski definition) is 3. The summed E-state index contributed by atoms with van der Waals surface area (Å²) in [5.41, 5.74) is 1.93. The number of hydrogen-bond donors (Lipinski definition) is 2. The molecule has 0 unspecified atom stereocenters. The quantitative estimate of drug-likeness (QED) is 0.812. The van der Waals surface area contributed by atoms with Crippen molar-refractivity contribution in [3.8, 4) is 0 Å². The molecule has 26 heavy (non-hydrogen) atoms. The predicted molar refractivity (Wildman–Crippen MR) is 90.3 cm³/mol. The van der Waals surface area contributed by atoms with Gasteiger partial charge in [0.15, 0.2) is 0 Å². The Balaban J connectivity index is 0.000000298. The Morgan fingerprint density at radius 3 is 2.50 bits per heavy atom. The Bertz CT molecular complexity index is 661. The first-order valence-corrected chi connectivity index (χ1v) is 8.65. The third-order valence-corrected chi connectivity index (χ3v) is 4.65. The molecule has 1 saturated heterocycles. The van der Waals surface area contributed by atoms with Gasteiger partial charge in [-0.2, -0.15) is 13.2 Å². The third-order valence-electron chi connectivity index (χ3n) is 4.42. The minimum Gasteiger partial charge on any atom is -0.475 e. The lowest BCUT2D eigenvalue weighted by Crippen LogP contribution is -2.42. The van der Waals surface area contributed by atoms with Crippen molar-refractivity contribution in [3.05, 3.63) is 34.3 Å². The molecule has 5 nitrogen and oxygen atoms in total. The number of aliphatic carboxylic acids is 1. The van der Waals surface area contributed by atoms with Crippen molar-refractivity contribution in [1.82, 2.24) is 10.2 Å². The van der Waals surface area contributed by atoms with Crippen molar-refractivity contribution in [2.24, 2.45) is 5.92 Å². The second-order valence-electron chi connectivity index (χ2n) is 6.30. The van der Waals surface area contributed by atoms with Gasteiger partial charge in [-0.1, -0.05) is 11.6 Å². The minimum atomic E-state index is -5.08. The van der Waals surface area contributed by atoms with E-state index in [0.29, 0.717) is 5.92 Å².